The van der Waals surface area contributed by atoms with Crippen LogP contribution in [0, 0.1) is 6.92 Å². The maximum Gasteiger partial charge on any atom is 0.261 e. The van der Waals surface area contributed by atoms with E-state index in [9.17, 15) is 14.7 Å². The van der Waals surface area contributed by atoms with Crippen LogP contribution in [-0.4, -0.2) is 28.4 Å². The molecule has 0 atom stereocenters. The van der Waals surface area contributed by atoms with E-state index in [2.05, 4.69) is 6.58 Å². The number of rotatable bonds is 3. The first-order valence-corrected chi connectivity index (χ1v) is 6.92. The fourth-order valence-electron chi connectivity index (χ4n) is 2.70. The molecule has 22 heavy (non-hydrogen) atoms. The van der Waals surface area contributed by atoms with Crippen LogP contribution < -0.4 is 0 Å². The van der Waals surface area contributed by atoms with E-state index in [0.29, 0.717) is 16.7 Å². The van der Waals surface area contributed by atoms with Crippen molar-refractivity contribution >= 4 is 17.4 Å². The number of imide groups is 1. The van der Waals surface area contributed by atoms with Gasteiger partial charge < -0.3 is 5.11 Å². The molecule has 110 valence electrons. The van der Waals surface area contributed by atoms with E-state index >= 15 is 0 Å². The molecule has 0 fully saturated rings. The van der Waals surface area contributed by atoms with Gasteiger partial charge in [0.1, 0.15) is 5.75 Å². The summed E-state index contributed by atoms with van der Waals surface area (Å²) in [4.78, 5) is 25.9. The van der Waals surface area contributed by atoms with E-state index < -0.39 is 0 Å². The number of aryl methyl sites for hydroxylation is 1. The van der Waals surface area contributed by atoms with Crippen LogP contribution >= 0.6 is 0 Å². The zero-order valence-corrected chi connectivity index (χ0v) is 12.2. The standard InChI is InChI=1S/C18H15NO3/c1-11-9-13(20)7-8-14(11)12(2)10-19-17(21)15-5-3-4-6-16(15)18(19)22/h3-9,20H,2,10H2,1H3. The molecule has 1 aliphatic heterocycles. The summed E-state index contributed by atoms with van der Waals surface area (Å²) in [6.45, 7) is 5.97. The molecule has 2 amide bonds. The fraction of sp³-hybridized carbons (Fsp3) is 0.111. The van der Waals surface area contributed by atoms with E-state index in [1.807, 2.05) is 6.92 Å². The second-order valence-corrected chi connectivity index (χ2v) is 5.34. The summed E-state index contributed by atoms with van der Waals surface area (Å²) >= 11 is 0. The number of hydrogen-bond donors (Lipinski definition) is 1. The lowest BCUT2D eigenvalue weighted by atomic mass is 10.0. The number of benzene rings is 2. The molecule has 0 saturated heterocycles. The SMILES string of the molecule is C=C(CN1C(=O)c2ccccc2C1=O)c1ccc(O)cc1C. The molecular weight excluding hydrogens is 278 g/mol. The highest BCUT2D eigenvalue weighted by Crippen LogP contribution is 2.27. The Bertz CT molecular complexity index is 773. The third-order valence-electron chi connectivity index (χ3n) is 3.82. The molecule has 0 aromatic heterocycles. The van der Waals surface area contributed by atoms with Gasteiger partial charge >= 0.3 is 0 Å². The second-order valence-electron chi connectivity index (χ2n) is 5.34. The smallest absolute Gasteiger partial charge is 0.261 e. The van der Waals surface area contributed by atoms with Crippen LogP contribution in [0.25, 0.3) is 5.57 Å². The first-order valence-electron chi connectivity index (χ1n) is 6.92. The summed E-state index contributed by atoms with van der Waals surface area (Å²) in [5.41, 5.74) is 3.20. The molecule has 0 unspecified atom stereocenters. The lowest BCUT2D eigenvalue weighted by molar-refractivity contribution is 0.0675. The predicted octanol–water partition coefficient (Wildman–Crippen LogP) is 3.01. The van der Waals surface area contributed by atoms with E-state index in [-0.39, 0.29) is 24.1 Å². The van der Waals surface area contributed by atoms with E-state index in [0.717, 1.165) is 11.1 Å². The number of aromatic hydroxyl groups is 1. The normalized spacial score (nSPS) is 13.4. The highest BCUT2D eigenvalue weighted by molar-refractivity contribution is 6.21. The number of fused-ring (bicyclic) bond motifs is 1. The van der Waals surface area contributed by atoms with Gasteiger partial charge in [0.05, 0.1) is 17.7 Å². The third kappa shape index (κ3) is 2.19. The van der Waals surface area contributed by atoms with Gasteiger partial charge in [0.15, 0.2) is 0 Å². The molecule has 0 radical (unpaired) electrons. The highest BCUT2D eigenvalue weighted by Gasteiger charge is 2.35. The van der Waals surface area contributed by atoms with Crippen molar-refractivity contribution in [3.63, 3.8) is 0 Å². The van der Waals surface area contributed by atoms with Crippen LogP contribution in [-0.2, 0) is 0 Å². The molecule has 0 saturated carbocycles. The molecule has 4 heteroatoms. The van der Waals surface area contributed by atoms with Crippen LogP contribution in [0.4, 0.5) is 0 Å². The Morgan fingerprint density at radius 3 is 2.23 bits per heavy atom. The zero-order valence-electron chi connectivity index (χ0n) is 12.2. The zero-order chi connectivity index (χ0) is 15.9. The number of carbonyl (C=O) groups is 2. The Morgan fingerprint density at radius 1 is 1.09 bits per heavy atom. The largest absolute Gasteiger partial charge is 0.508 e. The summed E-state index contributed by atoms with van der Waals surface area (Å²) < 4.78 is 0. The highest BCUT2D eigenvalue weighted by atomic mass is 16.3. The molecule has 2 aromatic rings. The maximum absolute atomic E-state index is 12.3. The molecule has 2 aromatic carbocycles. The first kappa shape index (κ1) is 14.1. The summed E-state index contributed by atoms with van der Waals surface area (Å²) in [5, 5.41) is 9.46. The average Bonchev–Trinajstić information content (AvgIpc) is 2.73. The van der Waals surface area contributed by atoms with Crippen molar-refractivity contribution in [1.29, 1.82) is 0 Å². The summed E-state index contributed by atoms with van der Waals surface area (Å²) in [5.74, 6) is -0.411. The van der Waals surface area contributed by atoms with Crippen LogP contribution in [0.2, 0.25) is 0 Å². The van der Waals surface area contributed by atoms with Gasteiger partial charge in [-0.25, -0.2) is 0 Å². The van der Waals surface area contributed by atoms with Crippen molar-refractivity contribution in [2.45, 2.75) is 6.92 Å². The minimum absolute atomic E-state index is 0.137. The third-order valence-corrected chi connectivity index (χ3v) is 3.82. The lowest BCUT2D eigenvalue weighted by Gasteiger charge is -2.17. The number of phenolic OH excluding ortho intramolecular Hbond substituents is 1. The average molecular weight is 293 g/mol. The number of carbonyl (C=O) groups excluding carboxylic acids is 2. The quantitative estimate of drug-likeness (QED) is 0.885. The van der Waals surface area contributed by atoms with Crippen molar-refractivity contribution in [1.82, 2.24) is 4.90 Å². The van der Waals surface area contributed by atoms with E-state index in [1.54, 1.807) is 42.5 Å². The topological polar surface area (TPSA) is 57.6 Å². The van der Waals surface area contributed by atoms with Gasteiger partial charge in [-0.1, -0.05) is 24.8 Å². The van der Waals surface area contributed by atoms with Crippen molar-refractivity contribution in [2.24, 2.45) is 0 Å². The minimum Gasteiger partial charge on any atom is -0.508 e. The van der Waals surface area contributed by atoms with Gasteiger partial charge in [-0.15, -0.1) is 0 Å². The molecule has 0 aliphatic carbocycles. The van der Waals surface area contributed by atoms with Gasteiger partial charge in [0, 0.05) is 0 Å². The Hall–Kier alpha value is -2.88. The van der Waals surface area contributed by atoms with E-state index in [1.165, 1.54) is 4.90 Å². The van der Waals surface area contributed by atoms with Crippen molar-refractivity contribution in [3.8, 4) is 5.75 Å². The van der Waals surface area contributed by atoms with Crippen LogP contribution in [0.1, 0.15) is 31.8 Å². The summed E-state index contributed by atoms with van der Waals surface area (Å²) in [7, 11) is 0. The summed E-state index contributed by atoms with van der Waals surface area (Å²) in [6, 6.07) is 11.7. The Kier molecular flexibility index (Phi) is 3.29. The van der Waals surface area contributed by atoms with E-state index in [4.69, 9.17) is 0 Å². The number of hydrogen-bond acceptors (Lipinski definition) is 3. The number of amides is 2. The minimum atomic E-state index is -0.293. The van der Waals surface area contributed by atoms with Crippen molar-refractivity contribution in [3.05, 3.63) is 71.3 Å². The molecule has 3 rings (SSSR count). The van der Waals surface area contributed by atoms with Crippen LogP contribution in [0.15, 0.2) is 49.0 Å². The molecule has 0 spiro atoms. The molecule has 1 N–H and O–H groups in total. The summed E-state index contributed by atoms with van der Waals surface area (Å²) in [6.07, 6.45) is 0. The first-order chi connectivity index (χ1) is 10.5. The van der Waals surface area contributed by atoms with Gasteiger partial charge in [-0.05, 0) is 47.9 Å². The molecule has 4 nitrogen and oxygen atoms in total. The predicted molar refractivity (Wildman–Crippen MR) is 83.7 cm³/mol. The second kappa shape index (κ2) is 5.15. The van der Waals surface area contributed by atoms with Gasteiger partial charge in [0.2, 0.25) is 0 Å². The van der Waals surface area contributed by atoms with Crippen LogP contribution in [0.3, 0.4) is 0 Å². The lowest BCUT2D eigenvalue weighted by Crippen LogP contribution is -2.31. The van der Waals surface area contributed by atoms with Crippen molar-refractivity contribution < 1.29 is 14.7 Å². The van der Waals surface area contributed by atoms with Crippen LogP contribution in [0.5, 0.6) is 5.75 Å². The van der Waals surface area contributed by atoms with Gasteiger partial charge in [-0.3, -0.25) is 14.5 Å². The molecular formula is C18H15NO3. The maximum atomic E-state index is 12.3. The number of phenols is 1. The Balaban J connectivity index is 1.87. The van der Waals surface area contributed by atoms with Gasteiger partial charge in [-0.2, -0.15) is 0 Å². The molecule has 0 bridgehead atoms. The molecule has 1 heterocycles. The monoisotopic (exact) mass is 293 g/mol. The Morgan fingerprint density at radius 2 is 1.68 bits per heavy atom. The number of nitrogens with zero attached hydrogens (tertiary/aromatic N) is 1. The van der Waals surface area contributed by atoms with Crippen molar-refractivity contribution in [2.75, 3.05) is 6.54 Å². The van der Waals surface area contributed by atoms with Gasteiger partial charge in [0.25, 0.3) is 11.8 Å². The fourth-order valence-corrected chi connectivity index (χ4v) is 2.70. The Labute approximate surface area is 128 Å². The molecule has 1 aliphatic rings.